The maximum atomic E-state index is 13.1. The standard InChI is InChI=1S/C10H11FO2/c1-5-4-8(11)7(3)9(6(5)2)10(12)13/h4H,1-3H3,(H,12,13). The van der Waals surface area contributed by atoms with Gasteiger partial charge in [-0.05, 0) is 43.5 Å². The number of rotatable bonds is 1. The van der Waals surface area contributed by atoms with Crippen molar-refractivity contribution < 1.29 is 14.3 Å². The summed E-state index contributed by atoms with van der Waals surface area (Å²) in [5.74, 6) is -1.53. The maximum absolute atomic E-state index is 13.1. The van der Waals surface area contributed by atoms with Gasteiger partial charge in [0.15, 0.2) is 0 Å². The quantitative estimate of drug-likeness (QED) is 0.724. The van der Waals surface area contributed by atoms with Gasteiger partial charge in [0.05, 0.1) is 5.56 Å². The lowest BCUT2D eigenvalue weighted by Crippen LogP contribution is -2.06. The van der Waals surface area contributed by atoms with Crippen LogP contribution in [-0.2, 0) is 0 Å². The fourth-order valence-corrected chi connectivity index (χ4v) is 1.33. The smallest absolute Gasteiger partial charge is 0.336 e. The van der Waals surface area contributed by atoms with Crippen LogP contribution < -0.4 is 0 Å². The summed E-state index contributed by atoms with van der Waals surface area (Å²) in [6.07, 6.45) is 0. The normalized spacial score (nSPS) is 10.2. The van der Waals surface area contributed by atoms with E-state index in [2.05, 4.69) is 0 Å². The Morgan fingerprint density at radius 3 is 2.31 bits per heavy atom. The summed E-state index contributed by atoms with van der Waals surface area (Å²) in [4.78, 5) is 10.8. The second-order valence-corrected chi connectivity index (χ2v) is 3.11. The Balaban J connectivity index is 3.56. The lowest BCUT2D eigenvalue weighted by atomic mass is 9.98. The topological polar surface area (TPSA) is 37.3 Å². The first-order chi connectivity index (χ1) is 5.95. The summed E-state index contributed by atoms with van der Waals surface area (Å²) in [7, 11) is 0. The highest BCUT2D eigenvalue weighted by Gasteiger charge is 2.15. The molecule has 2 nitrogen and oxygen atoms in total. The fourth-order valence-electron chi connectivity index (χ4n) is 1.33. The molecule has 3 heteroatoms. The molecular weight excluding hydrogens is 171 g/mol. The Morgan fingerprint density at radius 1 is 1.31 bits per heavy atom. The summed E-state index contributed by atoms with van der Waals surface area (Å²) < 4.78 is 13.1. The summed E-state index contributed by atoms with van der Waals surface area (Å²) in [6, 6.07) is 1.36. The van der Waals surface area contributed by atoms with Gasteiger partial charge in [-0.15, -0.1) is 0 Å². The molecule has 0 aliphatic heterocycles. The van der Waals surface area contributed by atoms with Crippen LogP contribution in [0.4, 0.5) is 4.39 Å². The van der Waals surface area contributed by atoms with Crippen molar-refractivity contribution in [1.29, 1.82) is 0 Å². The molecule has 1 aromatic rings. The highest BCUT2D eigenvalue weighted by molar-refractivity contribution is 5.91. The lowest BCUT2D eigenvalue weighted by Gasteiger charge is -2.08. The van der Waals surface area contributed by atoms with Gasteiger partial charge < -0.3 is 5.11 Å². The van der Waals surface area contributed by atoms with Crippen LogP contribution in [0.25, 0.3) is 0 Å². The molecule has 1 aromatic carbocycles. The van der Waals surface area contributed by atoms with Gasteiger partial charge in [-0.2, -0.15) is 0 Å². The zero-order valence-corrected chi connectivity index (χ0v) is 7.81. The Hall–Kier alpha value is -1.38. The molecule has 0 fully saturated rings. The van der Waals surface area contributed by atoms with Crippen LogP contribution in [0.1, 0.15) is 27.0 Å². The Kier molecular flexibility index (Phi) is 2.36. The minimum Gasteiger partial charge on any atom is -0.478 e. The summed E-state index contributed by atoms with van der Waals surface area (Å²) >= 11 is 0. The molecule has 70 valence electrons. The molecule has 0 bridgehead atoms. The third kappa shape index (κ3) is 1.54. The number of carbonyl (C=O) groups is 1. The molecule has 0 heterocycles. The molecule has 0 amide bonds. The third-order valence-corrected chi connectivity index (χ3v) is 2.26. The van der Waals surface area contributed by atoms with Crippen molar-refractivity contribution in [3.8, 4) is 0 Å². The first-order valence-electron chi connectivity index (χ1n) is 3.94. The second-order valence-electron chi connectivity index (χ2n) is 3.11. The maximum Gasteiger partial charge on any atom is 0.336 e. The Bertz CT molecular complexity index is 343. The molecule has 0 radical (unpaired) electrons. The van der Waals surface area contributed by atoms with Crippen molar-refractivity contribution >= 4 is 5.97 Å². The number of hydrogen-bond donors (Lipinski definition) is 1. The van der Waals surface area contributed by atoms with Crippen molar-refractivity contribution in [3.63, 3.8) is 0 Å². The van der Waals surface area contributed by atoms with Gasteiger partial charge in [0.2, 0.25) is 0 Å². The monoisotopic (exact) mass is 182 g/mol. The van der Waals surface area contributed by atoms with Gasteiger partial charge in [0, 0.05) is 0 Å². The van der Waals surface area contributed by atoms with Gasteiger partial charge in [0.1, 0.15) is 5.82 Å². The van der Waals surface area contributed by atoms with Crippen molar-refractivity contribution in [2.45, 2.75) is 20.8 Å². The predicted octanol–water partition coefficient (Wildman–Crippen LogP) is 2.45. The SMILES string of the molecule is Cc1cc(F)c(C)c(C(=O)O)c1C. The molecular formula is C10H11FO2. The van der Waals surface area contributed by atoms with Gasteiger partial charge in [-0.25, -0.2) is 9.18 Å². The molecule has 0 unspecified atom stereocenters. The van der Waals surface area contributed by atoms with Crippen LogP contribution in [-0.4, -0.2) is 11.1 Å². The molecule has 0 aromatic heterocycles. The minimum atomic E-state index is -1.07. The summed E-state index contributed by atoms with van der Waals surface area (Å²) in [5, 5.41) is 8.83. The molecule has 0 saturated carbocycles. The fraction of sp³-hybridized carbons (Fsp3) is 0.300. The number of carboxylic acids is 1. The van der Waals surface area contributed by atoms with Gasteiger partial charge in [-0.1, -0.05) is 0 Å². The van der Waals surface area contributed by atoms with E-state index < -0.39 is 11.8 Å². The van der Waals surface area contributed by atoms with Crippen molar-refractivity contribution in [1.82, 2.24) is 0 Å². The van der Waals surface area contributed by atoms with E-state index in [-0.39, 0.29) is 11.1 Å². The number of benzene rings is 1. The molecule has 0 saturated heterocycles. The van der Waals surface area contributed by atoms with Gasteiger partial charge >= 0.3 is 5.97 Å². The van der Waals surface area contributed by atoms with Crippen LogP contribution in [0.2, 0.25) is 0 Å². The van der Waals surface area contributed by atoms with Gasteiger partial charge in [0.25, 0.3) is 0 Å². The van der Waals surface area contributed by atoms with E-state index in [4.69, 9.17) is 5.11 Å². The first kappa shape index (κ1) is 9.71. The molecule has 1 rings (SSSR count). The molecule has 0 aliphatic carbocycles. The van der Waals surface area contributed by atoms with E-state index >= 15 is 0 Å². The Morgan fingerprint density at radius 2 is 1.85 bits per heavy atom. The predicted molar refractivity (Wildman–Crippen MR) is 47.6 cm³/mol. The van der Waals surface area contributed by atoms with E-state index in [1.807, 2.05) is 0 Å². The summed E-state index contributed by atoms with van der Waals surface area (Å²) in [5.41, 5.74) is 1.58. The number of hydrogen-bond acceptors (Lipinski definition) is 1. The van der Waals surface area contributed by atoms with E-state index in [9.17, 15) is 9.18 Å². The average Bonchev–Trinajstić information content (AvgIpc) is 2.01. The number of aryl methyl sites for hydroxylation is 1. The molecule has 0 atom stereocenters. The number of halogens is 1. The zero-order chi connectivity index (χ0) is 10.2. The van der Waals surface area contributed by atoms with E-state index in [1.54, 1.807) is 13.8 Å². The molecule has 1 N–H and O–H groups in total. The van der Waals surface area contributed by atoms with Crippen LogP contribution in [0.3, 0.4) is 0 Å². The van der Waals surface area contributed by atoms with Crippen molar-refractivity contribution in [3.05, 3.63) is 34.1 Å². The van der Waals surface area contributed by atoms with Crippen molar-refractivity contribution in [2.24, 2.45) is 0 Å². The van der Waals surface area contributed by atoms with Gasteiger partial charge in [-0.3, -0.25) is 0 Å². The lowest BCUT2D eigenvalue weighted by molar-refractivity contribution is 0.0694. The van der Waals surface area contributed by atoms with Crippen LogP contribution >= 0.6 is 0 Å². The highest BCUT2D eigenvalue weighted by Crippen LogP contribution is 2.20. The number of carboxylic acid groups (broad SMARTS) is 1. The third-order valence-electron chi connectivity index (χ3n) is 2.26. The summed E-state index contributed by atoms with van der Waals surface area (Å²) in [6.45, 7) is 4.86. The minimum absolute atomic E-state index is 0.0810. The van der Waals surface area contributed by atoms with Crippen LogP contribution in [0.15, 0.2) is 6.07 Å². The van der Waals surface area contributed by atoms with Crippen LogP contribution in [0, 0.1) is 26.6 Å². The first-order valence-corrected chi connectivity index (χ1v) is 3.94. The molecule has 13 heavy (non-hydrogen) atoms. The van der Waals surface area contributed by atoms with Crippen molar-refractivity contribution in [2.75, 3.05) is 0 Å². The Labute approximate surface area is 76.0 Å². The largest absolute Gasteiger partial charge is 0.478 e. The molecule has 0 aliphatic rings. The molecule has 0 spiro atoms. The highest BCUT2D eigenvalue weighted by atomic mass is 19.1. The zero-order valence-electron chi connectivity index (χ0n) is 7.81. The van der Waals surface area contributed by atoms with Crippen LogP contribution in [0.5, 0.6) is 0 Å². The van der Waals surface area contributed by atoms with E-state index in [1.165, 1.54) is 13.0 Å². The second kappa shape index (κ2) is 3.17. The van der Waals surface area contributed by atoms with E-state index in [0.717, 1.165) is 0 Å². The average molecular weight is 182 g/mol. The number of aromatic carboxylic acids is 1. The van der Waals surface area contributed by atoms with E-state index in [0.29, 0.717) is 11.1 Å².